The Morgan fingerprint density at radius 3 is 2.75 bits per heavy atom. The molecule has 1 amide bonds. The van der Waals surface area contributed by atoms with Gasteiger partial charge in [-0.25, -0.2) is 0 Å². The van der Waals surface area contributed by atoms with Gasteiger partial charge in [0, 0.05) is 24.4 Å². The molecule has 3 nitrogen and oxygen atoms in total. The first-order valence-electron chi connectivity index (χ1n) is 6.08. The molecule has 0 bridgehead atoms. The third kappa shape index (κ3) is 3.67. The van der Waals surface area contributed by atoms with Gasteiger partial charge in [0.2, 0.25) is 5.91 Å². The molecule has 1 aliphatic rings. The molecule has 2 atom stereocenters. The van der Waals surface area contributed by atoms with Crippen molar-refractivity contribution < 1.29 is 4.79 Å². The average Bonchev–Trinajstić information content (AvgIpc) is 2.71. The van der Waals surface area contributed by atoms with Crippen LogP contribution in [-0.4, -0.2) is 48.0 Å². The fourth-order valence-corrected chi connectivity index (χ4v) is 3.04. The van der Waals surface area contributed by atoms with Gasteiger partial charge in [0.05, 0.1) is 6.54 Å². The van der Waals surface area contributed by atoms with E-state index in [1.54, 1.807) is 4.90 Å². The Bertz CT molecular complexity index is 233. The van der Waals surface area contributed by atoms with Crippen molar-refractivity contribution >= 4 is 17.7 Å². The molecule has 1 rings (SSSR count). The second-order valence-electron chi connectivity index (χ2n) is 4.79. The summed E-state index contributed by atoms with van der Waals surface area (Å²) in [5.74, 6) is 0.196. The number of nitrogens with zero attached hydrogens (tertiary/aromatic N) is 1. The zero-order valence-corrected chi connectivity index (χ0v) is 11.6. The Balaban J connectivity index is 2.31. The van der Waals surface area contributed by atoms with Crippen LogP contribution in [0.2, 0.25) is 0 Å². The minimum atomic E-state index is 0.196. The normalized spacial score (nSPS) is 25.1. The summed E-state index contributed by atoms with van der Waals surface area (Å²) >= 11 is 1.92. The van der Waals surface area contributed by atoms with Crippen LogP contribution in [0.25, 0.3) is 0 Å². The molecule has 0 aliphatic heterocycles. The summed E-state index contributed by atoms with van der Waals surface area (Å²) in [5.41, 5.74) is 0. The summed E-state index contributed by atoms with van der Waals surface area (Å²) in [6, 6.07) is 0.814. The summed E-state index contributed by atoms with van der Waals surface area (Å²) in [7, 11) is 1.87. The standard InChI is InChI=1S/C12H24N2OS/c1-9(2)14(3)12(15)8-13-10-6-5-7-11(10)16-4/h9-11,13H,5-8H2,1-4H3. The van der Waals surface area contributed by atoms with Gasteiger partial charge in [-0.2, -0.15) is 11.8 Å². The summed E-state index contributed by atoms with van der Waals surface area (Å²) in [5, 5.41) is 4.10. The molecule has 0 radical (unpaired) electrons. The number of thioether (sulfide) groups is 1. The zero-order valence-electron chi connectivity index (χ0n) is 10.8. The van der Waals surface area contributed by atoms with Crippen LogP contribution in [0.4, 0.5) is 0 Å². The summed E-state index contributed by atoms with van der Waals surface area (Å²) in [4.78, 5) is 13.6. The molecule has 0 aromatic rings. The van der Waals surface area contributed by atoms with Gasteiger partial charge in [-0.3, -0.25) is 4.79 Å². The van der Waals surface area contributed by atoms with Gasteiger partial charge >= 0.3 is 0 Å². The first kappa shape index (κ1) is 13.8. The van der Waals surface area contributed by atoms with Crippen LogP contribution in [0.5, 0.6) is 0 Å². The molecule has 94 valence electrons. The molecule has 1 fully saturated rings. The van der Waals surface area contributed by atoms with E-state index >= 15 is 0 Å². The summed E-state index contributed by atoms with van der Waals surface area (Å²) in [6.45, 7) is 4.56. The Labute approximate surface area is 103 Å². The number of carbonyl (C=O) groups excluding carboxylic acids is 1. The van der Waals surface area contributed by atoms with Gasteiger partial charge in [0.1, 0.15) is 0 Å². The molecule has 4 heteroatoms. The Morgan fingerprint density at radius 1 is 1.50 bits per heavy atom. The molecule has 1 N–H and O–H groups in total. The van der Waals surface area contributed by atoms with Crippen molar-refractivity contribution in [1.29, 1.82) is 0 Å². The van der Waals surface area contributed by atoms with Crippen molar-refractivity contribution in [1.82, 2.24) is 10.2 Å². The van der Waals surface area contributed by atoms with Crippen LogP contribution in [0, 0.1) is 0 Å². The maximum Gasteiger partial charge on any atom is 0.236 e. The first-order valence-corrected chi connectivity index (χ1v) is 7.37. The minimum absolute atomic E-state index is 0.196. The molecular weight excluding hydrogens is 220 g/mol. The van der Waals surface area contributed by atoms with Crippen molar-refractivity contribution in [3.63, 3.8) is 0 Å². The Morgan fingerprint density at radius 2 is 2.19 bits per heavy atom. The van der Waals surface area contributed by atoms with Crippen LogP contribution < -0.4 is 5.32 Å². The molecule has 0 spiro atoms. The van der Waals surface area contributed by atoms with Gasteiger partial charge in [0.25, 0.3) is 0 Å². The van der Waals surface area contributed by atoms with Crippen molar-refractivity contribution in [2.24, 2.45) is 0 Å². The molecule has 1 aliphatic carbocycles. The largest absolute Gasteiger partial charge is 0.342 e. The lowest BCUT2D eigenvalue weighted by Crippen LogP contribution is -2.44. The molecule has 2 unspecified atom stereocenters. The second kappa shape index (κ2) is 6.50. The minimum Gasteiger partial charge on any atom is -0.342 e. The number of nitrogens with one attached hydrogen (secondary N) is 1. The van der Waals surface area contributed by atoms with Gasteiger partial charge in [-0.05, 0) is 32.9 Å². The smallest absolute Gasteiger partial charge is 0.236 e. The number of rotatable bonds is 5. The van der Waals surface area contributed by atoms with Crippen molar-refractivity contribution in [3.8, 4) is 0 Å². The topological polar surface area (TPSA) is 32.3 Å². The van der Waals surface area contributed by atoms with E-state index in [-0.39, 0.29) is 11.9 Å². The van der Waals surface area contributed by atoms with Crippen molar-refractivity contribution in [3.05, 3.63) is 0 Å². The SMILES string of the molecule is CSC1CCCC1NCC(=O)N(C)C(C)C. The Hall–Kier alpha value is -0.220. The highest BCUT2D eigenvalue weighted by Crippen LogP contribution is 2.28. The summed E-state index contributed by atoms with van der Waals surface area (Å²) < 4.78 is 0. The molecule has 16 heavy (non-hydrogen) atoms. The van der Waals surface area contributed by atoms with Crippen molar-refractivity contribution in [2.75, 3.05) is 19.8 Å². The van der Waals surface area contributed by atoms with Gasteiger partial charge in [-0.1, -0.05) is 6.42 Å². The predicted octanol–water partition coefficient (Wildman–Crippen LogP) is 1.73. The molecule has 0 aromatic heterocycles. The van der Waals surface area contributed by atoms with Crippen LogP contribution >= 0.6 is 11.8 Å². The van der Waals surface area contributed by atoms with Crippen LogP contribution in [0.15, 0.2) is 0 Å². The van der Waals surface area contributed by atoms with E-state index in [2.05, 4.69) is 11.6 Å². The van der Waals surface area contributed by atoms with E-state index in [0.717, 1.165) is 0 Å². The van der Waals surface area contributed by atoms with E-state index in [0.29, 0.717) is 17.8 Å². The quantitative estimate of drug-likeness (QED) is 0.799. The average molecular weight is 244 g/mol. The fraction of sp³-hybridized carbons (Fsp3) is 0.917. The second-order valence-corrected chi connectivity index (χ2v) is 5.87. The van der Waals surface area contributed by atoms with Crippen LogP contribution in [0.1, 0.15) is 33.1 Å². The third-order valence-corrected chi connectivity index (χ3v) is 4.61. The summed E-state index contributed by atoms with van der Waals surface area (Å²) in [6.07, 6.45) is 5.95. The van der Waals surface area contributed by atoms with Gasteiger partial charge in [-0.15, -0.1) is 0 Å². The van der Waals surface area contributed by atoms with Crippen LogP contribution in [-0.2, 0) is 4.79 Å². The van der Waals surface area contributed by atoms with E-state index in [9.17, 15) is 4.79 Å². The van der Waals surface area contributed by atoms with Crippen molar-refractivity contribution in [2.45, 2.75) is 50.4 Å². The number of hydrogen-bond donors (Lipinski definition) is 1. The monoisotopic (exact) mass is 244 g/mol. The Kier molecular flexibility index (Phi) is 5.62. The highest BCUT2D eigenvalue weighted by molar-refractivity contribution is 7.99. The van der Waals surface area contributed by atoms with E-state index in [4.69, 9.17) is 0 Å². The molecule has 0 heterocycles. The van der Waals surface area contributed by atoms with E-state index < -0.39 is 0 Å². The first-order chi connectivity index (χ1) is 7.56. The maximum atomic E-state index is 11.8. The molecule has 0 aromatic carbocycles. The third-order valence-electron chi connectivity index (χ3n) is 3.44. The fourth-order valence-electron chi connectivity index (χ4n) is 2.07. The highest BCUT2D eigenvalue weighted by Gasteiger charge is 2.26. The number of amides is 1. The predicted molar refractivity (Wildman–Crippen MR) is 70.9 cm³/mol. The van der Waals surface area contributed by atoms with E-state index in [1.807, 2.05) is 32.7 Å². The number of hydrogen-bond acceptors (Lipinski definition) is 3. The van der Waals surface area contributed by atoms with E-state index in [1.165, 1.54) is 19.3 Å². The lowest BCUT2D eigenvalue weighted by molar-refractivity contribution is -0.130. The van der Waals surface area contributed by atoms with Crippen LogP contribution in [0.3, 0.4) is 0 Å². The van der Waals surface area contributed by atoms with Gasteiger partial charge in [0.15, 0.2) is 0 Å². The lowest BCUT2D eigenvalue weighted by Gasteiger charge is -2.24. The highest BCUT2D eigenvalue weighted by atomic mass is 32.2. The number of carbonyl (C=O) groups is 1. The molecule has 0 saturated heterocycles. The maximum absolute atomic E-state index is 11.8. The lowest BCUT2D eigenvalue weighted by atomic mass is 10.2. The number of likely N-dealkylation sites (N-methyl/N-ethyl adjacent to an activating group) is 1. The molecule has 1 saturated carbocycles. The zero-order chi connectivity index (χ0) is 12.1. The molecular formula is C12H24N2OS. The van der Waals surface area contributed by atoms with Gasteiger partial charge < -0.3 is 10.2 Å².